The summed E-state index contributed by atoms with van der Waals surface area (Å²) in [6.07, 6.45) is 2.08. The number of rotatable bonds is 5. The van der Waals surface area contributed by atoms with E-state index in [2.05, 4.69) is 5.32 Å². The van der Waals surface area contributed by atoms with Crippen LogP contribution in [0.25, 0.3) is 0 Å². The molecule has 7 nitrogen and oxygen atoms in total. The molecule has 0 aromatic heterocycles. The zero-order valence-corrected chi connectivity index (χ0v) is 15.6. The van der Waals surface area contributed by atoms with Crippen LogP contribution in [0.3, 0.4) is 0 Å². The number of carbonyl (C=O) groups is 2. The van der Waals surface area contributed by atoms with Gasteiger partial charge in [-0.1, -0.05) is 6.07 Å². The van der Waals surface area contributed by atoms with Crippen LogP contribution in [-0.4, -0.2) is 62.0 Å². The highest BCUT2D eigenvalue weighted by molar-refractivity contribution is 7.99. The molecule has 3 atom stereocenters. The summed E-state index contributed by atoms with van der Waals surface area (Å²) in [5.41, 5.74) is 1.38. The van der Waals surface area contributed by atoms with E-state index in [-0.39, 0.29) is 23.3 Å². The minimum Gasteiger partial charge on any atom is -0.493 e. The Hall–Kier alpha value is -1.93. The molecule has 4 rings (SSSR count). The molecular weight excluding hydrogens is 356 g/mol. The van der Waals surface area contributed by atoms with Crippen molar-refractivity contribution in [3.63, 3.8) is 0 Å². The van der Waals surface area contributed by atoms with Crippen LogP contribution >= 0.6 is 11.8 Å². The number of fused-ring (bicyclic) bond motifs is 3. The molecule has 3 heterocycles. The molecule has 1 N–H and O–H groups in total. The molecule has 0 aliphatic carbocycles. The fourth-order valence-electron chi connectivity index (χ4n) is 3.83. The summed E-state index contributed by atoms with van der Waals surface area (Å²) in [6.45, 7) is 1.25. The van der Waals surface area contributed by atoms with Crippen LogP contribution in [0.15, 0.2) is 12.1 Å². The van der Waals surface area contributed by atoms with E-state index in [0.717, 1.165) is 25.0 Å². The van der Waals surface area contributed by atoms with Crippen LogP contribution < -0.4 is 14.8 Å². The number of thioether (sulfide) groups is 1. The van der Waals surface area contributed by atoms with Crippen LogP contribution in [0.5, 0.6) is 11.5 Å². The molecule has 3 aliphatic rings. The Morgan fingerprint density at radius 2 is 2.23 bits per heavy atom. The number of carbonyl (C=O) groups excluding carboxylic acids is 2. The second kappa shape index (κ2) is 7.00. The van der Waals surface area contributed by atoms with E-state index in [0.29, 0.717) is 29.4 Å². The van der Waals surface area contributed by atoms with Crippen molar-refractivity contribution in [1.82, 2.24) is 10.2 Å². The van der Waals surface area contributed by atoms with Crippen LogP contribution in [0.4, 0.5) is 0 Å². The number of hydrogen-bond acceptors (Lipinski definition) is 6. The zero-order valence-electron chi connectivity index (χ0n) is 14.8. The molecule has 3 aliphatic heterocycles. The minimum absolute atomic E-state index is 0.0830. The summed E-state index contributed by atoms with van der Waals surface area (Å²) < 4.78 is 16.3. The predicted molar refractivity (Wildman–Crippen MR) is 96.7 cm³/mol. The van der Waals surface area contributed by atoms with Crippen molar-refractivity contribution in [2.24, 2.45) is 0 Å². The van der Waals surface area contributed by atoms with Crippen LogP contribution in [0, 0.1) is 0 Å². The van der Waals surface area contributed by atoms with Gasteiger partial charge in [0.25, 0.3) is 5.91 Å². The van der Waals surface area contributed by atoms with Gasteiger partial charge in [0, 0.05) is 24.5 Å². The number of ether oxygens (including phenoxy) is 3. The van der Waals surface area contributed by atoms with E-state index in [4.69, 9.17) is 14.2 Å². The topological polar surface area (TPSA) is 77.1 Å². The van der Waals surface area contributed by atoms with E-state index >= 15 is 0 Å². The Bertz CT molecular complexity index is 735. The molecule has 2 saturated heterocycles. The molecule has 0 spiro atoms. The summed E-state index contributed by atoms with van der Waals surface area (Å²) >= 11 is 1.60. The minimum atomic E-state index is -0.484. The maximum Gasteiger partial charge on any atom is 0.260 e. The first-order chi connectivity index (χ1) is 12.7. The third kappa shape index (κ3) is 2.72. The summed E-state index contributed by atoms with van der Waals surface area (Å²) in [5, 5.41) is 2.79. The van der Waals surface area contributed by atoms with Crippen molar-refractivity contribution in [2.75, 3.05) is 33.1 Å². The molecule has 1 aromatic rings. The van der Waals surface area contributed by atoms with Gasteiger partial charge in [-0.15, -0.1) is 11.8 Å². The average Bonchev–Trinajstić information content (AvgIpc) is 3.37. The first-order valence-corrected chi connectivity index (χ1v) is 9.79. The molecular formula is C18H22N2O5S. The Morgan fingerprint density at radius 1 is 1.38 bits per heavy atom. The summed E-state index contributed by atoms with van der Waals surface area (Å²) in [5.74, 6) is 1.24. The molecule has 2 fully saturated rings. The van der Waals surface area contributed by atoms with E-state index in [1.54, 1.807) is 29.8 Å². The Morgan fingerprint density at radius 3 is 2.92 bits per heavy atom. The zero-order chi connectivity index (χ0) is 18.3. The highest BCUT2D eigenvalue weighted by Gasteiger charge is 2.50. The summed E-state index contributed by atoms with van der Waals surface area (Å²) in [4.78, 5) is 27.4. The highest BCUT2D eigenvalue weighted by Crippen LogP contribution is 2.52. The largest absolute Gasteiger partial charge is 0.493 e. The molecule has 8 heteroatoms. The van der Waals surface area contributed by atoms with Gasteiger partial charge >= 0.3 is 0 Å². The number of hydrogen-bond donors (Lipinski definition) is 1. The first kappa shape index (κ1) is 17.5. The molecule has 140 valence electrons. The number of nitrogens with one attached hydrogen (secondary N) is 1. The molecule has 26 heavy (non-hydrogen) atoms. The van der Waals surface area contributed by atoms with Crippen LogP contribution in [-0.2, 0) is 9.53 Å². The molecule has 1 aromatic carbocycles. The van der Waals surface area contributed by atoms with Crippen molar-refractivity contribution in [2.45, 2.75) is 30.4 Å². The van der Waals surface area contributed by atoms with Crippen molar-refractivity contribution >= 4 is 23.6 Å². The lowest BCUT2D eigenvalue weighted by Crippen LogP contribution is -2.47. The van der Waals surface area contributed by atoms with E-state index in [1.165, 1.54) is 7.11 Å². The standard InChI is InChI=1S/C18H22N2O5S/c1-23-13-6-5-11-14(15(13)24-2)17(22)20-12(9-26-18(11)20)16(21)19-8-10-4-3-7-25-10/h5-6,10,12,18H,3-4,7-9H2,1-2H3,(H,19,21)/t10-,12-,18+/m1/s1. The number of amides is 2. The van der Waals surface area contributed by atoms with Gasteiger partial charge in [0.15, 0.2) is 11.5 Å². The number of methoxy groups -OCH3 is 2. The van der Waals surface area contributed by atoms with Crippen molar-refractivity contribution in [3.05, 3.63) is 23.3 Å². The lowest BCUT2D eigenvalue weighted by Gasteiger charge is -2.23. The Balaban J connectivity index is 1.54. The van der Waals surface area contributed by atoms with Crippen molar-refractivity contribution in [1.29, 1.82) is 0 Å². The smallest absolute Gasteiger partial charge is 0.260 e. The first-order valence-electron chi connectivity index (χ1n) is 8.74. The van der Waals surface area contributed by atoms with Gasteiger partial charge in [0.1, 0.15) is 11.4 Å². The van der Waals surface area contributed by atoms with Crippen molar-refractivity contribution in [3.8, 4) is 11.5 Å². The molecule has 0 radical (unpaired) electrons. The Kier molecular flexibility index (Phi) is 4.71. The second-order valence-corrected chi connectivity index (χ2v) is 7.67. The van der Waals surface area contributed by atoms with Crippen LogP contribution in [0.2, 0.25) is 0 Å². The summed E-state index contributed by atoms with van der Waals surface area (Å²) in [6, 6.07) is 3.21. The second-order valence-electron chi connectivity index (χ2n) is 6.56. The fourth-order valence-corrected chi connectivity index (χ4v) is 5.29. The predicted octanol–water partition coefficient (Wildman–Crippen LogP) is 1.57. The van der Waals surface area contributed by atoms with Gasteiger partial charge in [0.05, 0.1) is 25.9 Å². The van der Waals surface area contributed by atoms with Crippen LogP contribution in [0.1, 0.15) is 34.1 Å². The Labute approximate surface area is 156 Å². The summed E-state index contributed by atoms with van der Waals surface area (Å²) in [7, 11) is 3.06. The monoisotopic (exact) mass is 378 g/mol. The van der Waals surface area contributed by atoms with Gasteiger partial charge in [0.2, 0.25) is 5.91 Å². The van der Waals surface area contributed by atoms with Gasteiger partial charge in [-0.3, -0.25) is 9.59 Å². The quantitative estimate of drug-likeness (QED) is 0.838. The highest BCUT2D eigenvalue weighted by atomic mass is 32.2. The van der Waals surface area contributed by atoms with Gasteiger partial charge < -0.3 is 24.4 Å². The fraction of sp³-hybridized carbons (Fsp3) is 0.556. The number of nitrogens with zero attached hydrogens (tertiary/aromatic N) is 1. The maximum absolute atomic E-state index is 13.1. The van der Waals surface area contributed by atoms with Gasteiger partial charge in [-0.05, 0) is 18.9 Å². The third-order valence-corrected chi connectivity index (χ3v) is 6.43. The van der Waals surface area contributed by atoms with E-state index in [9.17, 15) is 9.59 Å². The normalized spacial score (nSPS) is 26.6. The molecule has 0 bridgehead atoms. The maximum atomic E-state index is 13.1. The molecule has 0 saturated carbocycles. The average molecular weight is 378 g/mol. The SMILES string of the molecule is COc1ccc2c(c1OC)C(=O)N1[C@@H](C(=O)NC[C@H]3CCCO3)CS[C@@H]21. The number of benzene rings is 1. The van der Waals surface area contributed by atoms with Gasteiger partial charge in [-0.2, -0.15) is 0 Å². The van der Waals surface area contributed by atoms with Crippen molar-refractivity contribution < 1.29 is 23.8 Å². The molecule has 2 amide bonds. The van der Waals surface area contributed by atoms with E-state index < -0.39 is 6.04 Å². The lowest BCUT2D eigenvalue weighted by atomic mass is 10.1. The third-order valence-electron chi connectivity index (χ3n) is 5.12. The van der Waals surface area contributed by atoms with E-state index in [1.807, 2.05) is 6.07 Å². The van der Waals surface area contributed by atoms with Gasteiger partial charge in [-0.25, -0.2) is 0 Å². The lowest BCUT2D eigenvalue weighted by molar-refractivity contribution is -0.125. The molecule has 0 unspecified atom stereocenters.